The number of hydrogen-bond acceptors (Lipinski definition) is 2. The molecule has 0 aliphatic carbocycles. The third-order valence-electron chi connectivity index (χ3n) is 1.69. The fourth-order valence-electron chi connectivity index (χ4n) is 1.09. The molecule has 0 aliphatic rings. The van der Waals surface area contributed by atoms with Crippen molar-refractivity contribution >= 4 is 5.91 Å². The van der Waals surface area contributed by atoms with Gasteiger partial charge in [-0.25, -0.2) is 4.39 Å². The van der Waals surface area contributed by atoms with Crippen LogP contribution >= 0.6 is 0 Å². The van der Waals surface area contributed by atoms with E-state index in [1.807, 2.05) is 0 Å². The lowest BCUT2D eigenvalue weighted by atomic mass is 10.1. The monoisotopic (exact) mass is 197 g/mol. The summed E-state index contributed by atoms with van der Waals surface area (Å²) in [5.74, 6) is -0.567. The van der Waals surface area contributed by atoms with Crippen molar-refractivity contribution < 1.29 is 14.3 Å². The van der Waals surface area contributed by atoms with Gasteiger partial charge in [0.25, 0.3) is 0 Å². The second-order valence-corrected chi connectivity index (χ2v) is 2.88. The molecule has 0 aromatic heterocycles. The third-order valence-corrected chi connectivity index (χ3v) is 1.69. The lowest BCUT2D eigenvalue weighted by molar-refractivity contribution is -0.120. The second kappa shape index (κ2) is 5.34. The zero-order chi connectivity index (χ0) is 10.4. The summed E-state index contributed by atoms with van der Waals surface area (Å²) < 4.78 is 12.7. The van der Waals surface area contributed by atoms with Crippen LogP contribution in [0.2, 0.25) is 0 Å². The lowest BCUT2D eigenvalue weighted by Gasteiger charge is -2.02. The van der Waals surface area contributed by atoms with Gasteiger partial charge in [-0.3, -0.25) is 4.79 Å². The Bertz CT molecular complexity index is 315. The van der Waals surface area contributed by atoms with Crippen LogP contribution in [0, 0.1) is 5.82 Å². The molecule has 2 N–H and O–H groups in total. The topological polar surface area (TPSA) is 49.3 Å². The molecule has 0 radical (unpaired) electrons. The van der Waals surface area contributed by atoms with Crippen LogP contribution < -0.4 is 5.32 Å². The standard InChI is InChI=1S/C10H12FNO2/c11-9-3-1-2-8(6-9)7-10(14)12-4-5-13/h1-3,6,13H,4-5,7H2,(H,12,14). The molecule has 1 amide bonds. The first-order chi connectivity index (χ1) is 6.72. The number of amides is 1. The van der Waals surface area contributed by atoms with Crippen LogP contribution in [0.25, 0.3) is 0 Å². The summed E-state index contributed by atoms with van der Waals surface area (Å²) in [4.78, 5) is 11.1. The minimum absolute atomic E-state index is 0.0884. The van der Waals surface area contributed by atoms with Gasteiger partial charge in [0.2, 0.25) is 5.91 Å². The molecule has 14 heavy (non-hydrogen) atoms. The fourth-order valence-corrected chi connectivity index (χ4v) is 1.09. The second-order valence-electron chi connectivity index (χ2n) is 2.88. The van der Waals surface area contributed by atoms with Gasteiger partial charge in [-0.1, -0.05) is 12.1 Å². The summed E-state index contributed by atoms with van der Waals surface area (Å²) in [5, 5.41) is 10.9. The number of halogens is 1. The summed E-state index contributed by atoms with van der Waals surface area (Å²) in [5.41, 5.74) is 0.625. The first-order valence-corrected chi connectivity index (χ1v) is 4.34. The van der Waals surface area contributed by atoms with Crippen molar-refractivity contribution in [1.29, 1.82) is 0 Å². The lowest BCUT2D eigenvalue weighted by Crippen LogP contribution is -2.27. The Morgan fingerprint density at radius 1 is 1.50 bits per heavy atom. The van der Waals surface area contributed by atoms with Crippen molar-refractivity contribution in [1.82, 2.24) is 5.32 Å². The summed E-state index contributed by atoms with van der Waals surface area (Å²) in [6.45, 7) is 0.142. The van der Waals surface area contributed by atoms with E-state index in [9.17, 15) is 9.18 Å². The Labute approximate surface area is 81.6 Å². The van der Waals surface area contributed by atoms with Gasteiger partial charge >= 0.3 is 0 Å². The van der Waals surface area contributed by atoms with Crippen molar-refractivity contribution in [3.63, 3.8) is 0 Å². The molecule has 1 aromatic rings. The SMILES string of the molecule is O=C(Cc1cccc(F)c1)NCCO. The minimum atomic E-state index is -0.350. The smallest absolute Gasteiger partial charge is 0.224 e. The van der Waals surface area contributed by atoms with E-state index >= 15 is 0 Å². The predicted octanol–water partition coefficient (Wildman–Crippen LogP) is 0.477. The number of benzene rings is 1. The molecule has 0 aliphatic heterocycles. The van der Waals surface area contributed by atoms with Crippen LogP contribution in [0.1, 0.15) is 5.56 Å². The van der Waals surface area contributed by atoms with E-state index in [4.69, 9.17) is 5.11 Å². The molecule has 0 heterocycles. The highest BCUT2D eigenvalue weighted by molar-refractivity contribution is 5.78. The zero-order valence-corrected chi connectivity index (χ0v) is 7.66. The van der Waals surface area contributed by atoms with Crippen LogP contribution in [0.15, 0.2) is 24.3 Å². The summed E-state index contributed by atoms with van der Waals surface area (Å²) >= 11 is 0. The Hall–Kier alpha value is -1.42. The van der Waals surface area contributed by atoms with Crippen molar-refractivity contribution in [3.05, 3.63) is 35.6 Å². The number of carbonyl (C=O) groups excluding carboxylic acids is 1. The van der Waals surface area contributed by atoms with Gasteiger partial charge in [0.15, 0.2) is 0 Å². The molecular formula is C10H12FNO2. The van der Waals surface area contributed by atoms with E-state index in [0.29, 0.717) is 5.56 Å². The van der Waals surface area contributed by atoms with Gasteiger partial charge in [0.05, 0.1) is 13.0 Å². The highest BCUT2D eigenvalue weighted by Crippen LogP contribution is 2.03. The zero-order valence-electron chi connectivity index (χ0n) is 7.66. The van der Waals surface area contributed by atoms with Crippen LogP contribution in [0.4, 0.5) is 4.39 Å². The average molecular weight is 197 g/mol. The number of hydrogen-bond donors (Lipinski definition) is 2. The van der Waals surface area contributed by atoms with E-state index in [0.717, 1.165) is 0 Å². The molecule has 76 valence electrons. The average Bonchev–Trinajstić information content (AvgIpc) is 2.15. The number of aliphatic hydroxyl groups is 1. The van der Waals surface area contributed by atoms with Crippen molar-refractivity contribution in [2.75, 3.05) is 13.2 Å². The van der Waals surface area contributed by atoms with Gasteiger partial charge in [0, 0.05) is 6.54 Å². The van der Waals surface area contributed by atoms with Crippen molar-refractivity contribution in [3.8, 4) is 0 Å². The van der Waals surface area contributed by atoms with E-state index in [-0.39, 0.29) is 31.3 Å². The molecule has 3 nitrogen and oxygen atoms in total. The van der Waals surface area contributed by atoms with Crippen LogP contribution in [-0.4, -0.2) is 24.2 Å². The molecule has 1 aromatic carbocycles. The van der Waals surface area contributed by atoms with Crippen molar-refractivity contribution in [2.24, 2.45) is 0 Å². The Balaban J connectivity index is 2.47. The van der Waals surface area contributed by atoms with Gasteiger partial charge in [-0.2, -0.15) is 0 Å². The van der Waals surface area contributed by atoms with Gasteiger partial charge in [0.1, 0.15) is 5.82 Å². The minimum Gasteiger partial charge on any atom is -0.395 e. The third kappa shape index (κ3) is 3.53. The van der Waals surface area contributed by atoms with Crippen LogP contribution in [0.3, 0.4) is 0 Å². The van der Waals surface area contributed by atoms with Gasteiger partial charge < -0.3 is 10.4 Å². The Kier molecular flexibility index (Phi) is 4.07. The van der Waals surface area contributed by atoms with E-state index in [1.165, 1.54) is 12.1 Å². The maximum Gasteiger partial charge on any atom is 0.224 e. The number of nitrogens with one attached hydrogen (secondary N) is 1. The van der Waals surface area contributed by atoms with Crippen molar-refractivity contribution in [2.45, 2.75) is 6.42 Å². The normalized spacial score (nSPS) is 9.86. The molecule has 0 spiro atoms. The highest BCUT2D eigenvalue weighted by atomic mass is 19.1. The Morgan fingerprint density at radius 2 is 2.29 bits per heavy atom. The molecule has 0 saturated carbocycles. The molecule has 0 unspecified atom stereocenters. The fraction of sp³-hybridized carbons (Fsp3) is 0.300. The maximum atomic E-state index is 12.7. The van der Waals surface area contributed by atoms with E-state index in [1.54, 1.807) is 12.1 Å². The molecule has 0 bridgehead atoms. The first-order valence-electron chi connectivity index (χ1n) is 4.34. The predicted molar refractivity (Wildman–Crippen MR) is 50.2 cm³/mol. The van der Waals surface area contributed by atoms with Crippen LogP contribution in [-0.2, 0) is 11.2 Å². The molecule has 1 rings (SSSR count). The number of carbonyl (C=O) groups is 1. The Morgan fingerprint density at radius 3 is 2.93 bits per heavy atom. The first kappa shape index (κ1) is 10.7. The number of rotatable bonds is 4. The quantitative estimate of drug-likeness (QED) is 0.737. The molecule has 4 heteroatoms. The van der Waals surface area contributed by atoms with E-state index in [2.05, 4.69) is 5.32 Å². The van der Waals surface area contributed by atoms with Crippen LogP contribution in [0.5, 0.6) is 0 Å². The maximum absolute atomic E-state index is 12.7. The van der Waals surface area contributed by atoms with E-state index < -0.39 is 0 Å². The molecule has 0 fully saturated rings. The molecular weight excluding hydrogens is 185 g/mol. The summed E-state index contributed by atoms with van der Waals surface area (Å²) in [7, 11) is 0. The summed E-state index contributed by atoms with van der Waals surface area (Å²) in [6, 6.07) is 5.89. The largest absolute Gasteiger partial charge is 0.395 e. The highest BCUT2D eigenvalue weighted by Gasteiger charge is 2.02. The molecule has 0 atom stereocenters. The molecule has 0 saturated heterocycles. The van der Waals surface area contributed by atoms with Gasteiger partial charge in [-0.05, 0) is 17.7 Å². The number of aliphatic hydroxyl groups excluding tert-OH is 1. The summed E-state index contributed by atoms with van der Waals surface area (Å²) in [6.07, 6.45) is 0.137. The van der Waals surface area contributed by atoms with Gasteiger partial charge in [-0.15, -0.1) is 0 Å².